The Morgan fingerprint density at radius 1 is 1.37 bits per heavy atom. The fourth-order valence-corrected chi connectivity index (χ4v) is 2.39. The fourth-order valence-electron chi connectivity index (χ4n) is 1.27. The van der Waals surface area contributed by atoms with Crippen molar-refractivity contribution in [3.63, 3.8) is 0 Å². The first-order valence-corrected chi connectivity index (χ1v) is 6.79. The number of rotatable bonds is 5. The minimum absolute atomic E-state index is 0.157. The molecule has 0 saturated carbocycles. The molecule has 0 aliphatic rings. The predicted molar refractivity (Wildman–Crippen MR) is 62.6 cm³/mol. The Morgan fingerprint density at radius 2 is 2.00 bits per heavy atom. The molecule has 19 heavy (non-hydrogen) atoms. The summed E-state index contributed by atoms with van der Waals surface area (Å²) in [7, 11) is -2.86. The smallest absolute Gasteiger partial charge is 0.325 e. The molecular weight excluding hydrogens is 283 g/mol. The fraction of sp³-hybridized carbons (Fsp3) is 0.500. The van der Waals surface area contributed by atoms with Crippen LogP contribution in [-0.2, 0) is 16.6 Å². The van der Waals surface area contributed by atoms with E-state index in [9.17, 15) is 21.6 Å². The van der Waals surface area contributed by atoms with Crippen LogP contribution >= 0.6 is 0 Å². The van der Waals surface area contributed by atoms with Gasteiger partial charge in [0.25, 0.3) is 0 Å². The van der Waals surface area contributed by atoms with Crippen molar-refractivity contribution < 1.29 is 21.6 Å². The van der Waals surface area contributed by atoms with Crippen molar-refractivity contribution in [3.8, 4) is 0 Å². The maximum absolute atomic E-state index is 12.1. The largest absolute Gasteiger partial charge is 0.390 e. The molecule has 5 nitrogen and oxygen atoms in total. The van der Waals surface area contributed by atoms with E-state index in [1.807, 2.05) is 0 Å². The summed E-state index contributed by atoms with van der Waals surface area (Å²) >= 11 is 0. The van der Waals surface area contributed by atoms with Gasteiger partial charge in [-0.2, -0.15) is 13.2 Å². The Morgan fingerprint density at radius 3 is 2.42 bits per heavy atom. The van der Waals surface area contributed by atoms with Gasteiger partial charge in [0, 0.05) is 26.3 Å². The first-order valence-electron chi connectivity index (χ1n) is 5.35. The van der Waals surface area contributed by atoms with Gasteiger partial charge in [-0.25, -0.2) is 12.7 Å². The molecule has 0 aliphatic carbocycles. The predicted octanol–water partition coefficient (Wildman–Crippen LogP) is 1.11. The molecule has 0 aliphatic heterocycles. The summed E-state index contributed by atoms with van der Waals surface area (Å²) in [4.78, 5) is 3.64. The lowest BCUT2D eigenvalue weighted by Gasteiger charge is -2.17. The summed E-state index contributed by atoms with van der Waals surface area (Å²) in [5, 5.41) is 0. The van der Waals surface area contributed by atoms with Crippen LogP contribution in [0.3, 0.4) is 0 Å². The number of nitrogens with two attached hydrogens (primary N) is 1. The molecule has 1 aromatic rings. The third-order valence-corrected chi connectivity index (χ3v) is 4.27. The van der Waals surface area contributed by atoms with Crippen molar-refractivity contribution in [3.05, 3.63) is 24.0 Å². The van der Waals surface area contributed by atoms with Gasteiger partial charge in [0.15, 0.2) is 0 Å². The van der Waals surface area contributed by atoms with Crippen LogP contribution in [0, 0.1) is 0 Å². The summed E-state index contributed by atoms with van der Waals surface area (Å²) in [6, 6.07) is 2.69. The Balaban J connectivity index is 2.84. The second-order valence-electron chi connectivity index (χ2n) is 3.88. The molecule has 0 spiro atoms. The quantitative estimate of drug-likeness (QED) is 0.883. The van der Waals surface area contributed by atoms with E-state index in [0.29, 0.717) is 10.00 Å². The molecular formula is C10H14F3N3O2S. The van der Waals surface area contributed by atoms with Crippen molar-refractivity contribution >= 4 is 10.0 Å². The Bertz CT molecular complexity index is 514. The highest BCUT2D eigenvalue weighted by Gasteiger charge is 2.30. The van der Waals surface area contributed by atoms with Crippen LogP contribution in [-0.4, -0.2) is 37.5 Å². The van der Waals surface area contributed by atoms with E-state index in [1.165, 1.54) is 12.1 Å². The topological polar surface area (TPSA) is 76.3 Å². The molecule has 0 atom stereocenters. The zero-order valence-electron chi connectivity index (χ0n) is 10.2. The van der Waals surface area contributed by atoms with Crippen molar-refractivity contribution in [2.75, 3.05) is 13.6 Å². The first kappa shape index (κ1) is 15.9. The summed E-state index contributed by atoms with van der Waals surface area (Å²) in [5.41, 5.74) is 5.81. The van der Waals surface area contributed by atoms with Crippen molar-refractivity contribution in [2.45, 2.75) is 24.0 Å². The normalized spacial score (nSPS) is 12.9. The zero-order valence-corrected chi connectivity index (χ0v) is 11.0. The Labute approximate surface area is 109 Å². The maximum Gasteiger partial charge on any atom is 0.390 e. The first-order chi connectivity index (χ1) is 8.66. The number of pyridine rings is 1. The molecule has 0 fully saturated rings. The van der Waals surface area contributed by atoms with E-state index in [2.05, 4.69) is 4.98 Å². The van der Waals surface area contributed by atoms with Crippen LogP contribution in [0.1, 0.15) is 12.1 Å². The van der Waals surface area contributed by atoms with Gasteiger partial charge in [0.1, 0.15) is 4.90 Å². The number of hydrogen-bond donors (Lipinski definition) is 1. The van der Waals surface area contributed by atoms with Crippen LogP contribution in [0.15, 0.2) is 23.2 Å². The second kappa shape index (κ2) is 5.85. The summed E-state index contributed by atoms with van der Waals surface area (Å²) in [6.45, 7) is -0.477. The Kier molecular flexibility index (Phi) is 4.88. The highest BCUT2D eigenvalue weighted by atomic mass is 32.2. The van der Waals surface area contributed by atoms with Crippen LogP contribution in [0.4, 0.5) is 13.2 Å². The molecule has 0 aromatic carbocycles. The van der Waals surface area contributed by atoms with E-state index in [-0.39, 0.29) is 11.4 Å². The minimum Gasteiger partial charge on any atom is -0.325 e. The number of hydrogen-bond acceptors (Lipinski definition) is 4. The molecule has 108 valence electrons. The molecule has 1 aromatic heterocycles. The van der Waals surface area contributed by atoms with Crippen molar-refractivity contribution in [2.24, 2.45) is 5.73 Å². The number of nitrogens with zero attached hydrogens (tertiary/aromatic N) is 2. The number of alkyl halides is 3. The number of aromatic nitrogens is 1. The summed E-state index contributed by atoms with van der Waals surface area (Å²) in [5.74, 6) is 0. The zero-order chi connectivity index (χ0) is 14.7. The van der Waals surface area contributed by atoms with Gasteiger partial charge in [-0.3, -0.25) is 4.98 Å². The second-order valence-corrected chi connectivity index (χ2v) is 5.93. The van der Waals surface area contributed by atoms with E-state index in [4.69, 9.17) is 5.73 Å². The third-order valence-electron chi connectivity index (χ3n) is 2.43. The average Bonchev–Trinajstić information content (AvgIpc) is 2.35. The lowest BCUT2D eigenvalue weighted by atomic mass is 10.4. The van der Waals surface area contributed by atoms with Crippen LogP contribution in [0.2, 0.25) is 0 Å². The SMILES string of the molecule is CN(CCC(F)(F)F)S(=O)(=O)c1ccc(CN)nc1. The third kappa shape index (κ3) is 4.44. The van der Waals surface area contributed by atoms with Crippen molar-refractivity contribution in [1.82, 2.24) is 9.29 Å². The van der Waals surface area contributed by atoms with Crippen LogP contribution in [0.5, 0.6) is 0 Å². The van der Waals surface area contributed by atoms with Gasteiger partial charge >= 0.3 is 6.18 Å². The molecule has 1 rings (SSSR count). The van der Waals surface area contributed by atoms with Gasteiger partial charge in [-0.05, 0) is 12.1 Å². The standard InChI is InChI=1S/C10H14F3N3O2S/c1-16(5-4-10(11,12)13)19(17,18)9-3-2-8(6-14)15-7-9/h2-3,7H,4-6,14H2,1H3. The van der Waals surface area contributed by atoms with Gasteiger partial charge in [-0.15, -0.1) is 0 Å². The van der Waals surface area contributed by atoms with Gasteiger partial charge in [0.05, 0.1) is 12.1 Å². The lowest BCUT2D eigenvalue weighted by molar-refractivity contribution is -0.135. The van der Waals surface area contributed by atoms with E-state index in [1.54, 1.807) is 0 Å². The molecule has 9 heteroatoms. The minimum atomic E-state index is -4.40. The van der Waals surface area contributed by atoms with Crippen molar-refractivity contribution in [1.29, 1.82) is 0 Å². The molecule has 0 saturated heterocycles. The number of halogens is 3. The highest BCUT2D eigenvalue weighted by molar-refractivity contribution is 7.89. The van der Waals surface area contributed by atoms with E-state index >= 15 is 0 Å². The molecule has 0 bridgehead atoms. The monoisotopic (exact) mass is 297 g/mol. The average molecular weight is 297 g/mol. The highest BCUT2D eigenvalue weighted by Crippen LogP contribution is 2.21. The lowest BCUT2D eigenvalue weighted by Crippen LogP contribution is -2.30. The molecule has 2 N–H and O–H groups in total. The van der Waals surface area contributed by atoms with Gasteiger partial charge in [-0.1, -0.05) is 0 Å². The van der Waals surface area contributed by atoms with Crippen LogP contribution in [0.25, 0.3) is 0 Å². The maximum atomic E-state index is 12.1. The summed E-state index contributed by atoms with van der Waals surface area (Å²) in [6.07, 6.45) is -4.51. The van der Waals surface area contributed by atoms with Crippen LogP contribution < -0.4 is 5.73 Å². The molecule has 0 amide bonds. The molecule has 0 unspecified atom stereocenters. The van der Waals surface area contributed by atoms with E-state index < -0.39 is 29.2 Å². The summed E-state index contributed by atoms with van der Waals surface area (Å²) < 4.78 is 60.7. The molecule has 1 heterocycles. The Hall–Kier alpha value is -1.19. The van der Waals surface area contributed by atoms with Gasteiger partial charge in [0.2, 0.25) is 10.0 Å². The number of sulfonamides is 1. The van der Waals surface area contributed by atoms with Gasteiger partial charge < -0.3 is 5.73 Å². The molecule has 0 radical (unpaired) electrons. The van der Waals surface area contributed by atoms with E-state index in [0.717, 1.165) is 13.2 Å².